The topological polar surface area (TPSA) is 46.9 Å². The Labute approximate surface area is 183 Å². The average Bonchev–Trinajstić information content (AvgIpc) is 3.30. The van der Waals surface area contributed by atoms with Crippen LogP contribution in [0.4, 0.5) is 0 Å². The van der Waals surface area contributed by atoms with Gasteiger partial charge in [-0.2, -0.15) is 5.10 Å². The van der Waals surface area contributed by atoms with Crippen molar-refractivity contribution in [3.05, 3.63) is 71.3 Å². The van der Waals surface area contributed by atoms with E-state index in [4.69, 9.17) is 17.3 Å². The van der Waals surface area contributed by atoms with Crippen molar-refractivity contribution < 1.29 is 4.79 Å². The van der Waals surface area contributed by atoms with E-state index in [-0.39, 0.29) is 5.91 Å². The molecule has 1 amide bonds. The maximum absolute atomic E-state index is 12.1. The van der Waals surface area contributed by atoms with E-state index >= 15 is 0 Å². The highest BCUT2D eigenvalue weighted by atomic mass is 32.2. The van der Waals surface area contributed by atoms with Crippen LogP contribution < -0.4 is 5.32 Å². The van der Waals surface area contributed by atoms with E-state index in [1.165, 1.54) is 16.7 Å². The standard InChI is InChI=1S/C22H19N3OS3/c1-2-12-28-18-10-8-15(9-11-18)20-16(13-19-21(26)23-22(27)29-19)14-25(24-20)17-6-4-3-5-7-17/h3-11,13-14H,2,12H2,1H3,(H,23,26,27). The number of carbonyl (C=O) groups is 1. The molecule has 29 heavy (non-hydrogen) atoms. The normalized spacial score (nSPS) is 15.1. The van der Waals surface area contributed by atoms with Crippen molar-refractivity contribution in [2.45, 2.75) is 18.2 Å². The molecular weight excluding hydrogens is 418 g/mol. The Morgan fingerprint density at radius 2 is 1.93 bits per heavy atom. The Balaban J connectivity index is 1.75. The van der Waals surface area contributed by atoms with Crippen LogP contribution in [0.1, 0.15) is 18.9 Å². The molecule has 0 saturated carbocycles. The summed E-state index contributed by atoms with van der Waals surface area (Å²) in [6, 6.07) is 18.4. The lowest BCUT2D eigenvalue weighted by Gasteiger charge is -2.03. The smallest absolute Gasteiger partial charge is 0.263 e. The van der Waals surface area contributed by atoms with Crippen LogP contribution in [0.3, 0.4) is 0 Å². The van der Waals surface area contributed by atoms with Crippen LogP contribution in [0.25, 0.3) is 23.0 Å². The summed E-state index contributed by atoms with van der Waals surface area (Å²) in [7, 11) is 0. The number of carbonyl (C=O) groups excluding carboxylic acids is 1. The van der Waals surface area contributed by atoms with E-state index in [1.54, 1.807) is 0 Å². The average molecular weight is 438 g/mol. The molecule has 7 heteroatoms. The van der Waals surface area contributed by atoms with Gasteiger partial charge < -0.3 is 5.32 Å². The molecule has 1 aliphatic heterocycles. The molecule has 4 nitrogen and oxygen atoms in total. The van der Waals surface area contributed by atoms with E-state index in [0.29, 0.717) is 9.23 Å². The van der Waals surface area contributed by atoms with Crippen molar-refractivity contribution in [1.82, 2.24) is 15.1 Å². The summed E-state index contributed by atoms with van der Waals surface area (Å²) in [5.74, 6) is 0.940. The van der Waals surface area contributed by atoms with Gasteiger partial charge >= 0.3 is 0 Å². The summed E-state index contributed by atoms with van der Waals surface area (Å²) < 4.78 is 2.33. The number of hydrogen-bond donors (Lipinski definition) is 1. The third-order valence-electron chi connectivity index (χ3n) is 4.29. The number of thiocarbonyl (C=S) groups is 1. The molecule has 1 aromatic heterocycles. The van der Waals surface area contributed by atoms with Crippen LogP contribution in [0, 0.1) is 0 Å². The van der Waals surface area contributed by atoms with E-state index in [0.717, 1.165) is 34.7 Å². The largest absolute Gasteiger partial charge is 0.307 e. The van der Waals surface area contributed by atoms with Gasteiger partial charge in [0.15, 0.2) is 0 Å². The Morgan fingerprint density at radius 1 is 1.17 bits per heavy atom. The second-order valence-corrected chi connectivity index (χ2v) is 9.33. The minimum atomic E-state index is -0.162. The predicted molar refractivity (Wildman–Crippen MR) is 126 cm³/mol. The van der Waals surface area contributed by atoms with Gasteiger partial charge in [0.2, 0.25) is 0 Å². The predicted octanol–water partition coefficient (Wildman–Crippen LogP) is 5.53. The molecule has 0 aliphatic carbocycles. The third kappa shape index (κ3) is 4.63. The Hall–Kier alpha value is -2.35. The van der Waals surface area contributed by atoms with Gasteiger partial charge in [-0.1, -0.05) is 61.2 Å². The fourth-order valence-electron chi connectivity index (χ4n) is 2.92. The highest BCUT2D eigenvalue weighted by Gasteiger charge is 2.23. The lowest BCUT2D eigenvalue weighted by molar-refractivity contribution is -0.115. The van der Waals surface area contributed by atoms with E-state index in [1.807, 2.05) is 59.0 Å². The highest BCUT2D eigenvalue weighted by molar-refractivity contribution is 8.26. The molecule has 1 fully saturated rings. The van der Waals surface area contributed by atoms with Gasteiger partial charge in [-0.15, -0.1) is 11.8 Å². The van der Waals surface area contributed by atoms with Crippen LogP contribution in [0.15, 0.2) is 70.6 Å². The van der Waals surface area contributed by atoms with Crippen LogP contribution in [0.5, 0.6) is 0 Å². The number of aromatic nitrogens is 2. The number of rotatable bonds is 6. The lowest BCUT2D eigenvalue weighted by atomic mass is 10.1. The van der Waals surface area contributed by atoms with E-state index < -0.39 is 0 Å². The van der Waals surface area contributed by atoms with Crippen molar-refractivity contribution in [3.63, 3.8) is 0 Å². The van der Waals surface area contributed by atoms with Crippen LogP contribution in [-0.2, 0) is 4.79 Å². The first-order valence-electron chi connectivity index (χ1n) is 9.27. The molecule has 4 rings (SSSR count). The van der Waals surface area contributed by atoms with Gasteiger partial charge in [-0.25, -0.2) is 4.68 Å². The third-order valence-corrected chi connectivity index (χ3v) is 6.67. The van der Waals surface area contributed by atoms with Crippen LogP contribution in [-0.4, -0.2) is 25.8 Å². The second kappa shape index (κ2) is 8.98. The summed E-state index contributed by atoms with van der Waals surface area (Å²) in [5.41, 5.74) is 3.69. The van der Waals surface area contributed by atoms with Crippen molar-refractivity contribution >= 4 is 52.0 Å². The summed E-state index contributed by atoms with van der Waals surface area (Å²) >= 11 is 8.24. The zero-order valence-electron chi connectivity index (χ0n) is 15.8. The number of benzene rings is 2. The summed E-state index contributed by atoms with van der Waals surface area (Å²) in [6.07, 6.45) is 4.96. The molecule has 1 saturated heterocycles. The van der Waals surface area contributed by atoms with Gasteiger partial charge in [0.1, 0.15) is 4.32 Å². The molecule has 0 atom stereocenters. The molecule has 146 valence electrons. The molecule has 3 aromatic rings. The number of para-hydroxylation sites is 1. The SMILES string of the molecule is CCCSc1ccc(-c2nn(-c3ccccc3)cc2C=C2SC(=S)NC2=O)cc1. The molecule has 0 bridgehead atoms. The fourth-order valence-corrected chi connectivity index (χ4v) is 4.72. The van der Waals surface area contributed by atoms with Crippen molar-refractivity contribution in [1.29, 1.82) is 0 Å². The van der Waals surface area contributed by atoms with Crippen molar-refractivity contribution in [2.75, 3.05) is 5.75 Å². The summed E-state index contributed by atoms with van der Waals surface area (Å²) in [5, 5.41) is 7.49. The maximum atomic E-state index is 12.1. The molecule has 1 aliphatic rings. The number of nitrogens with zero attached hydrogens (tertiary/aromatic N) is 2. The summed E-state index contributed by atoms with van der Waals surface area (Å²) in [6.45, 7) is 2.18. The number of thioether (sulfide) groups is 2. The second-order valence-electron chi connectivity index (χ2n) is 6.44. The molecule has 2 aromatic carbocycles. The highest BCUT2D eigenvalue weighted by Crippen LogP contribution is 2.31. The summed E-state index contributed by atoms with van der Waals surface area (Å²) in [4.78, 5) is 14.0. The minimum Gasteiger partial charge on any atom is -0.307 e. The van der Waals surface area contributed by atoms with Gasteiger partial charge in [0.05, 0.1) is 16.3 Å². The van der Waals surface area contributed by atoms with Gasteiger partial charge in [-0.3, -0.25) is 4.79 Å². The Bertz CT molecular complexity index is 1070. The monoisotopic (exact) mass is 437 g/mol. The Kier molecular flexibility index (Phi) is 6.18. The first-order valence-corrected chi connectivity index (χ1v) is 11.5. The first-order chi connectivity index (χ1) is 14.1. The van der Waals surface area contributed by atoms with E-state index in [9.17, 15) is 4.79 Å². The molecule has 0 spiro atoms. The zero-order chi connectivity index (χ0) is 20.2. The number of hydrogen-bond acceptors (Lipinski definition) is 5. The first kappa shape index (κ1) is 19.9. The molecule has 0 unspecified atom stereocenters. The minimum absolute atomic E-state index is 0.162. The maximum Gasteiger partial charge on any atom is 0.263 e. The van der Waals surface area contributed by atoms with Crippen molar-refractivity contribution in [2.24, 2.45) is 0 Å². The quantitative estimate of drug-likeness (QED) is 0.312. The van der Waals surface area contributed by atoms with Crippen LogP contribution in [0.2, 0.25) is 0 Å². The molecule has 1 N–H and O–H groups in total. The molecule has 2 heterocycles. The van der Waals surface area contributed by atoms with Crippen molar-refractivity contribution in [3.8, 4) is 16.9 Å². The number of nitrogens with one attached hydrogen (secondary N) is 1. The van der Waals surface area contributed by atoms with E-state index in [2.05, 4.69) is 36.5 Å². The Morgan fingerprint density at radius 3 is 2.59 bits per heavy atom. The van der Waals surface area contributed by atoms with Gasteiger partial charge in [0.25, 0.3) is 5.91 Å². The molecule has 0 radical (unpaired) electrons. The number of amides is 1. The van der Waals surface area contributed by atoms with Gasteiger partial charge in [0, 0.05) is 22.2 Å². The fraction of sp³-hybridized carbons (Fsp3) is 0.136. The zero-order valence-corrected chi connectivity index (χ0v) is 18.2. The lowest BCUT2D eigenvalue weighted by Crippen LogP contribution is -2.17. The van der Waals surface area contributed by atoms with Gasteiger partial charge in [-0.05, 0) is 42.5 Å². The molecular formula is C22H19N3OS3. The van der Waals surface area contributed by atoms with Crippen LogP contribution >= 0.6 is 35.7 Å².